The van der Waals surface area contributed by atoms with Gasteiger partial charge in [0, 0.05) is 73.1 Å². The number of hydrogen-bond acceptors (Lipinski definition) is 6. The molecule has 0 saturated heterocycles. The Labute approximate surface area is 188 Å². The Bertz CT molecular complexity index is 1170. The quantitative estimate of drug-likeness (QED) is 0.565. The number of aromatic nitrogens is 3. The van der Waals surface area contributed by atoms with Crippen molar-refractivity contribution in [2.75, 3.05) is 26.1 Å². The first-order valence-corrected chi connectivity index (χ1v) is 11.0. The molecule has 3 aromatic rings. The van der Waals surface area contributed by atoms with Gasteiger partial charge in [0.15, 0.2) is 5.43 Å². The van der Waals surface area contributed by atoms with Gasteiger partial charge in [0.1, 0.15) is 5.75 Å². The van der Waals surface area contributed by atoms with Crippen molar-refractivity contribution in [3.05, 3.63) is 58.1 Å². The van der Waals surface area contributed by atoms with Crippen molar-refractivity contribution in [3.8, 4) is 28.1 Å². The molecule has 0 spiro atoms. The summed E-state index contributed by atoms with van der Waals surface area (Å²) in [6.45, 7) is 7.48. The summed E-state index contributed by atoms with van der Waals surface area (Å²) in [5.41, 5.74) is 11.3. The summed E-state index contributed by atoms with van der Waals surface area (Å²) in [6.07, 6.45) is 7.06. The first kappa shape index (κ1) is 22.0. The third-order valence-electron chi connectivity index (χ3n) is 6.04. The van der Waals surface area contributed by atoms with Gasteiger partial charge >= 0.3 is 0 Å². The number of hydrogen-bond donors (Lipinski definition) is 1. The van der Waals surface area contributed by atoms with Crippen LogP contribution in [0.2, 0.25) is 0 Å². The van der Waals surface area contributed by atoms with Crippen molar-refractivity contribution in [2.24, 2.45) is 5.92 Å². The third-order valence-corrected chi connectivity index (χ3v) is 6.04. The van der Waals surface area contributed by atoms with Crippen LogP contribution in [0.1, 0.15) is 37.4 Å². The van der Waals surface area contributed by atoms with Crippen LogP contribution in [0.25, 0.3) is 22.4 Å². The highest BCUT2D eigenvalue weighted by Gasteiger charge is 2.28. The van der Waals surface area contributed by atoms with E-state index in [1.807, 2.05) is 13.1 Å². The first-order valence-electron chi connectivity index (χ1n) is 11.0. The van der Waals surface area contributed by atoms with Gasteiger partial charge in [-0.25, -0.2) is 9.97 Å². The van der Waals surface area contributed by atoms with Crippen LogP contribution in [0.5, 0.6) is 5.75 Å². The topological polar surface area (TPSA) is 92.3 Å². The van der Waals surface area contributed by atoms with Crippen LogP contribution in [-0.2, 0) is 11.2 Å². The van der Waals surface area contributed by atoms with Crippen molar-refractivity contribution in [2.45, 2.75) is 39.7 Å². The minimum absolute atomic E-state index is 0.0452. The smallest absolute Gasteiger partial charge is 0.219 e. The van der Waals surface area contributed by atoms with Crippen LogP contribution < -0.4 is 15.9 Å². The predicted octanol–water partition coefficient (Wildman–Crippen LogP) is 4.03. The summed E-state index contributed by atoms with van der Waals surface area (Å²) in [4.78, 5) is 20.9. The molecule has 0 saturated carbocycles. The average Bonchev–Trinajstić information content (AvgIpc) is 2.77. The maximum absolute atomic E-state index is 12.6. The van der Waals surface area contributed by atoms with Gasteiger partial charge in [0.05, 0.1) is 12.3 Å². The highest BCUT2D eigenvalue weighted by Crippen LogP contribution is 2.43. The molecule has 0 amide bonds. The molecule has 1 unspecified atom stereocenters. The summed E-state index contributed by atoms with van der Waals surface area (Å²) < 4.78 is 13.6. The van der Waals surface area contributed by atoms with E-state index in [0.717, 1.165) is 46.5 Å². The molecule has 3 heterocycles. The lowest BCUT2D eigenvalue weighted by atomic mass is 9.85. The summed E-state index contributed by atoms with van der Waals surface area (Å²) >= 11 is 0. The molecule has 0 aliphatic carbocycles. The molecule has 1 aliphatic rings. The van der Waals surface area contributed by atoms with Crippen molar-refractivity contribution >= 4 is 5.95 Å². The minimum Gasteiger partial charge on any atom is -0.493 e. The average molecular weight is 435 g/mol. The predicted molar refractivity (Wildman–Crippen MR) is 126 cm³/mol. The number of aryl methyl sites for hydroxylation is 1. The lowest BCUT2D eigenvalue weighted by molar-refractivity contribution is 0.172. The Morgan fingerprint density at radius 1 is 1.16 bits per heavy atom. The molecular formula is C25H30N4O3. The standard InChI is InChI=1S/C25H30N4O3/c1-15(2)21-8-17-9-24(32-7-5-6-31-4)20(18-12-27-25(26)28-13-18)10-19(17)22-11-23(30)16(3)14-29(21)22/h9-15,21H,5-8H2,1-4H3,(H2,26,27,28). The fraction of sp³-hybridized carbons (Fsp3) is 0.400. The van der Waals surface area contributed by atoms with E-state index < -0.39 is 0 Å². The molecule has 7 nitrogen and oxygen atoms in total. The number of fused-ring (bicyclic) bond motifs is 3. The van der Waals surface area contributed by atoms with E-state index in [9.17, 15) is 4.79 Å². The number of ether oxygens (including phenoxy) is 2. The fourth-order valence-corrected chi connectivity index (χ4v) is 4.26. The molecule has 1 aromatic carbocycles. The number of benzene rings is 1. The van der Waals surface area contributed by atoms with E-state index >= 15 is 0 Å². The lowest BCUT2D eigenvalue weighted by Crippen LogP contribution is -2.26. The Kier molecular flexibility index (Phi) is 6.28. The van der Waals surface area contributed by atoms with Crippen molar-refractivity contribution in [3.63, 3.8) is 0 Å². The second kappa shape index (κ2) is 9.12. The van der Waals surface area contributed by atoms with Gasteiger partial charge in [0.25, 0.3) is 0 Å². The zero-order valence-electron chi connectivity index (χ0n) is 19.1. The Morgan fingerprint density at radius 3 is 2.59 bits per heavy atom. The summed E-state index contributed by atoms with van der Waals surface area (Å²) in [6, 6.07) is 6.22. The number of methoxy groups -OCH3 is 1. The van der Waals surface area contributed by atoms with E-state index in [1.54, 1.807) is 25.6 Å². The summed E-state index contributed by atoms with van der Waals surface area (Å²) in [7, 11) is 1.68. The van der Waals surface area contributed by atoms with E-state index in [1.165, 1.54) is 5.56 Å². The van der Waals surface area contributed by atoms with Gasteiger partial charge in [-0.2, -0.15) is 0 Å². The molecule has 2 N–H and O–H groups in total. The maximum Gasteiger partial charge on any atom is 0.219 e. The number of nitrogens with two attached hydrogens (primary N) is 1. The largest absolute Gasteiger partial charge is 0.493 e. The second-order valence-electron chi connectivity index (χ2n) is 8.66. The van der Waals surface area contributed by atoms with Gasteiger partial charge in [-0.1, -0.05) is 13.8 Å². The third kappa shape index (κ3) is 4.25. The van der Waals surface area contributed by atoms with Crippen molar-refractivity contribution in [1.29, 1.82) is 0 Å². The molecule has 168 valence electrons. The lowest BCUT2D eigenvalue weighted by Gasteiger charge is -2.34. The summed E-state index contributed by atoms with van der Waals surface area (Å²) in [5.74, 6) is 1.42. The number of nitrogens with zero attached hydrogens (tertiary/aromatic N) is 3. The normalized spacial score (nSPS) is 14.8. The molecular weight excluding hydrogens is 404 g/mol. The fourth-order valence-electron chi connectivity index (χ4n) is 4.26. The SMILES string of the molecule is COCCCOc1cc2c(cc1-c1cnc(N)nc1)-c1cc(=O)c(C)cn1C(C(C)C)C2. The molecule has 2 aromatic heterocycles. The van der Waals surface area contributed by atoms with Gasteiger partial charge in [-0.3, -0.25) is 4.79 Å². The van der Waals surface area contributed by atoms with Crippen LogP contribution in [0.15, 0.2) is 41.6 Å². The zero-order valence-corrected chi connectivity index (χ0v) is 19.1. The molecule has 0 radical (unpaired) electrons. The van der Waals surface area contributed by atoms with Crippen LogP contribution >= 0.6 is 0 Å². The highest BCUT2D eigenvalue weighted by atomic mass is 16.5. The Balaban J connectivity index is 1.87. The highest BCUT2D eigenvalue weighted by molar-refractivity contribution is 5.79. The number of nitrogen functional groups attached to an aromatic ring is 1. The molecule has 1 aliphatic heterocycles. The molecule has 4 rings (SSSR count). The van der Waals surface area contributed by atoms with Crippen LogP contribution in [0.3, 0.4) is 0 Å². The van der Waals surface area contributed by atoms with Gasteiger partial charge in [-0.15, -0.1) is 0 Å². The van der Waals surface area contributed by atoms with E-state index in [0.29, 0.717) is 19.1 Å². The van der Waals surface area contributed by atoms with E-state index in [4.69, 9.17) is 15.2 Å². The molecule has 7 heteroatoms. The van der Waals surface area contributed by atoms with E-state index in [-0.39, 0.29) is 17.4 Å². The number of anilines is 1. The molecule has 32 heavy (non-hydrogen) atoms. The van der Waals surface area contributed by atoms with Gasteiger partial charge in [0.2, 0.25) is 5.95 Å². The number of rotatable bonds is 7. The monoisotopic (exact) mass is 434 g/mol. The first-order chi connectivity index (χ1) is 15.4. The summed E-state index contributed by atoms with van der Waals surface area (Å²) in [5, 5.41) is 0. The van der Waals surface area contributed by atoms with Crippen LogP contribution in [0.4, 0.5) is 5.95 Å². The minimum atomic E-state index is 0.0452. The van der Waals surface area contributed by atoms with Gasteiger partial charge in [-0.05, 0) is 37.0 Å². The zero-order chi connectivity index (χ0) is 22.8. The van der Waals surface area contributed by atoms with Crippen LogP contribution in [-0.4, -0.2) is 34.9 Å². The molecule has 0 fully saturated rings. The number of pyridine rings is 1. The van der Waals surface area contributed by atoms with Gasteiger partial charge < -0.3 is 19.8 Å². The maximum atomic E-state index is 12.6. The van der Waals surface area contributed by atoms with Crippen molar-refractivity contribution in [1.82, 2.24) is 14.5 Å². The molecule has 1 atom stereocenters. The Morgan fingerprint density at radius 2 is 1.91 bits per heavy atom. The second-order valence-corrected chi connectivity index (χ2v) is 8.66. The van der Waals surface area contributed by atoms with E-state index in [2.05, 4.69) is 40.5 Å². The van der Waals surface area contributed by atoms with Crippen LogP contribution in [0, 0.1) is 12.8 Å². The molecule has 0 bridgehead atoms. The van der Waals surface area contributed by atoms with Crippen molar-refractivity contribution < 1.29 is 9.47 Å². The Hall–Kier alpha value is -3.19.